The minimum Gasteiger partial charge on any atom is -0.310 e. The quantitative estimate of drug-likeness (QED) is 0.142. The van der Waals surface area contributed by atoms with Crippen molar-refractivity contribution >= 4 is 27.8 Å². The highest BCUT2D eigenvalue weighted by atomic mass is 15.1. The van der Waals surface area contributed by atoms with E-state index >= 15 is 0 Å². The van der Waals surface area contributed by atoms with Crippen molar-refractivity contribution in [2.75, 3.05) is 4.90 Å². The Morgan fingerprint density at radius 3 is 1.08 bits per heavy atom. The molecule has 10 aromatic rings. The number of benzene rings is 10. The molecule has 0 unspecified atom stereocenters. The van der Waals surface area contributed by atoms with Crippen LogP contribution in [0.25, 0.3) is 77.5 Å². The standard InChI is InChI=1S/C58H41N/c1-4-18-42(19-5-1)43-34-38-48(39-35-43)59(49-40-36-46(37-41-49)52-32-17-25-47-24-16-31-51(58(47)52)45-22-8-3-9-23-45)57-33-15-14-30-56(57)55-29-13-12-28-54(55)53-27-11-10-26-50(53)44-20-6-2-7-21-44/h1-41H. The first-order valence-electron chi connectivity index (χ1n) is 20.3. The summed E-state index contributed by atoms with van der Waals surface area (Å²) in [4.78, 5) is 2.41. The Morgan fingerprint density at radius 2 is 0.542 bits per heavy atom. The van der Waals surface area contributed by atoms with E-state index in [9.17, 15) is 0 Å². The molecule has 0 spiro atoms. The fourth-order valence-corrected chi connectivity index (χ4v) is 8.53. The molecule has 0 N–H and O–H groups in total. The van der Waals surface area contributed by atoms with E-state index in [-0.39, 0.29) is 0 Å². The van der Waals surface area contributed by atoms with Gasteiger partial charge in [0.05, 0.1) is 5.69 Å². The fraction of sp³-hybridized carbons (Fsp3) is 0. The van der Waals surface area contributed by atoms with Gasteiger partial charge in [-0.2, -0.15) is 0 Å². The maximum absolute atomic E-state index is 2.41. The van der Waals surface area contributed by atoms with Crippen LogP contribution in [0.2, 0.25) is 0 Å². The Bertz CT molecular complexity index is 3000. The van der Waals surface area contributed by atoms with Crippen LogP contribution in [0.5, 0.6) is 0 Å². The molecule has 0 saturated heterocycles. The molecule has 1 heteroatoms. The van der Waals surface area contributed by atoms with Crippen LogP contribution < -0.4 is 4.90 Å². The van der Waals surface area contributed by atoms with E-state index in [1.54, 1.807) is 0 Å². The molecule has 0 aliphatic carbocycles. The maximum Gasteiger partial charge on any atom is 0.0540 e. The molecule has 10 rings (SSSR count). The second-order valence-electron chi connectivity index (χ2n) is 14.8. The fourth-order valence-electron chi connectivity index (χ4n) is 8.53. The molecule has 0 atom stereocenters. The Labute approximate surface area is 346 Å². The lowest BCUT2D eigenvalue weighted by Crippen LogP contribution is -2.11. The Hall–Kier alpha value is -7.74. The summed E-state index contributed by atoms with van der Waals surface area (Å²) in [5.41, 5.74) is 17.7. The van der Waals surface area contributed by atoms with Crippen LogP contribution in [-0.2, 0) is 0 Å². The predicted octanol–water partition coefficient (Wildman–Crippen LogP) is 16.3. The Balaban J connectivity index is 1.13. The van der Waals surface area contributed by atoms with Gasteiger partial charge in [-0.1, -0.05) is 218 Å². The van der Waals surface area contributed by atoms with Crippen molar-refractivity contribution in [3.05, 3.63) is 249 Å². The molecule has 0 fully saturated rings. The van der Waals surface area contributed by atoms with Crippen molar-refractivity contribution in [1.29, 1.82) is 0 Å². The summed E-state index contributed by atoms with van der Waals surface area (Å²) in [7, 11) is 0. The van der Waals surface area contributed by atoms with E-state index in [0.717, 1.165) is 22.6 Å². The van der Waals surface area contributed by atoms with Crippen molar-refractivity contribution in [1.82, 2.24) is 0 Å². The maximum atomic E-state index is 2.41. The smallest absolute Gasteiger partial charge is 0.0540 e. The zero-order chi connectivity index (χ0) is 39.4. The van der Waals surface area contributed by atoms with Gasteiger partial charge in [0.25, 0.3) is 0 Å². The van der Waals surface area contributed by atoms with Gasteiger partial charge in [0.2, 0.25) is 0 Å². The Kier molecular flexibility index (Phi) is 9.68. The van der Waals surface area contributed by atoms with Gasteiger partial charge >= 0.3 is 0 Å². The number of fused-ring (bicyclic) bond motifs is 1. The number of rotatable bonds is 9. The third kappa shape index (κ3) is 7.01. The third-order valence-electron chi connectivity index (χ3n) is 11.3. The summed E-state index contributed by atoms with van der Waals surface area (Å²) in [6, 6.07) is 89.8. The van der Waals surface area contributed by atoms with E-state index in [1.165, 1.54) is 72.0 Å². The van der Waals surface area contributed by atoms with Crippen LogP contribution in [0.1, 0.15) is 0 Å². The summed E-state index contributed by atoms with van der Waals surface area (Å²) < 4.78 is 0. The first-order chi connectivity index (χ1) is 29.3. The normalized spacial score (nSPS) is 11.1. The highest BCUT2D eigenvalue weighted by Gasteiger charge is 2.21. The molecule has 0 aliphatic heterocycles. The summed E-state index contributed by atoms with van der Waals surface area (Å²) in [6.45, 7) is 0. The van der Waals surface area contributed by atoms with Crippen LogP contribution in [0.3, 0.4) is 0 Å². The first-order valence-corrected chi connectivity index (χ1v) is 20.3. The number of anilines is 3. The minimum atomic E-state index is 1.08. The van der Waals surface area contributed by atoms with Crippen LogP contribution in [0.4, 0.5) is 17.1 Å². The van der Waals surface area contributed by atoms with Crippen molar-refractivity contribution in [3.63, 3.8) is 0 Å². The predicted molar refractivity (Wildman–Crippen MR) is 251 cm³/mol. The average Bonchev–Trinajstić information content (AvgIpc) is 3.33. The van der Waals surface area contributed by atoms with Gasteiger partial charge in [-0.25, -0.2) is 0 Å². The number of para-hydroxylation sites is 1. The molecule has 10 aromatic carbocycles. The van der Waals surface area contributed by atoms with E-state index in [2.05, 4.69) is 254 Å². The lowest BCUT2D eigenvalue weighted by Gasteiger charge is -2.29. The number of hydrogen-bond acceptors (Lipinski definition) is 1. The summed E-state index contributed by atoms with van der Waals surface area (Å²) >= 11 is 0. The van der Waals surface area contributed by atoms with E-state index < -0.39 is 0 Å². The molecular formula is C58H41N. The van der Waals surface area contributed by atoms with Gasteiger partial charge in [-0.3, -0.25) is 0 Å². The summed E-state index contributed by atoms with van der Waals surface area (Å²) in [5.74, 6) is 0. The molecule has 0 heterocycles. The van der Waals surface area contributed by atoms with Gasteiger partial charge in [0.15, 0.2) is 0 Å². The van der Waals surface area contributed by atoms with E-state index in [0.29, 0.717) is 0 Å². The van der Waals surface area contributed by atoms with Crippen LogP contribution in [-0.4, -0.2) is 0 Å². The highest BCUT2D eigenvalue weighted by molar-refractivity contribution is 6.06. The lowest BCUT2D eigenvalue weighted by molar-refractivity contribution is 1.28. The molecule has 1 nitrogen and oxygen atoms in total. The van der Waals surface area contributed by atoms with Crippen molar-refractivity contribution in [2.24, 2.45) is 0 Å². The van der Waals surface area contributed by atoms with Gasteiger partial charge in [-0.05, 0) is 102 Å². The van der Waals surface area contributed by atoms with Crippen molar-refractivity contribution < 1.29 is 0 Å². The molecule has 0 saturated carbocycles. The van der Waals surface area contributed by atoms with Crippen LogP contribution in [0.15, 0.2) is 249 Å². The van der Waals surface area contributed by atoms with Gasteiger partial charge in [-0.15, -0.1) is 0 Å². The first kappa shape index (κ1) is 35.7. The molecule has 0 radical (unpaired) electrons. The van der Waals surface area contributed by atoms with Crippen LogP contribution in [0, 0.1) is 0 Å². The topological polar surface area (TPSA) is 3.24 Å². The highest BCUT2D eigenvalue weighted by Crippen LogP contribution is 2.46. The van der Waals surface area contributed by atoms with Gasteiger partial charge in [0.1, 0.15) is 0 Å². The monoisotopic (exact) mass is 751 g/mol. The zero-order valence-corrected chi connectivity index (χ0v) is 32.6. The molecule has 0 bridgehead atoms. The molecule has 59 heavy (non-hydrogen) atoms. The largest absolute Gasteiger partial charge is 0.310 e. The van der Waals surface area contributed by atoms with Gasteiger partial charge < -0.3 is 4.90 Å². The van der Waals surface area contributed by atoms with Crippen LogP contribution >= 0.6 is 0 Å². The second-order valence-corrected chi connectivity index (χ2v) is 14.8. The second kappa shape index (κ2) is 16.0. The minimum absolute atomic E-state index is 1.08. The summed E-state index contributed by atoms with van der Waals surface area (Å²) in [5, 5.41) is 2.49. The SMILES string of the molecule is c1ccc(-c2ccc(N(c3ccc(-c4cccc5cccc(-c6ccccc6)c45)cc3)c3ccccc3-c3ccccc3-c3ccccc3-c3ccccc3)cc2)cc1. The molecule has 0 amide bonds. The zero-order valence-electron chi connectivity index (χ0n) is 32.6. The third-order valence-corrected chi connectivity index (χ3v) is 11.3. The molecular weight excluding hydrogens is 711 g/mol. The average molecular weight is 752 g/mol. The summed E-state index contributed by atoms with van der Waals surface area (Å²) in [6.07, 6.45) is 0. The number of hydrogen-bond donors (Lipinski definition) is 0. The lowest BCUT2D eigenvalue weighted by atomic mass is 9.88. The van der Waals surface area contributed by atoms with Crippen molar-refractivity contribution in [2.45, 2.75) is 0 Å². The molecule has 0 aliphatic rings. The number of nitrogens with zero attached hydrogens (tertiary/aromatic N) is 1. The Morgan fingerprint density at radius 1 is 0.203 bits per heavy atom. The molecule has 278 valence electrons. The molecule has 0 aromatic heterocycles. The van der Waals surface area contributed by atoms with E-state index in [4.69, 9.17) is 0 Å². The van der Waals surface area contributed by atoms with Gasteiger partial charge in [0, 0.05) is 16.9 Å². The van der Waals surface area contributed by atoms with Crippen molar-refractivity contribution in [3.8, 4) is 66.8 Å². The van der Waals surface area contributed by atoms with E-state index in [1.807, 2.05) is 0 Å².